The molecule has 0 saturated heterocycles. The number of nitrogens with zero attached hydrogens (tertiary/aromatic N) is 2. The fourth-order valence-electron chi connectivity index (χ4n) is 1.74. The van der Waals surface area contributed by atoms with Crippen LogP contribution in [-0.4, -0.2) is 34.8 Å². The summed E-state index contributed by atoms with van der Waals surface area (Å²) in [6.45, 7) is 0.481. The number of hydrogen-bond donors (Lipinski definition) is 2. The van der Waals surface area contributed by atoms with Crippen LogP contribution in [0, 0.1) is 0 Å². The number of carbonyl (C=O) groups is 1. The molecular formula is C15H15N3O3. The minimum absolute atomic E-state index is 0.210. The molecule has 0 aliphatic heterocycles. The van der Waals surface area contributed by atoms with Crippen molar-refractivity contribution in [1.82, 2.24) is 9.97 Å². The van der Waals surface area contributed by atoms with Crippen LogP contribution >= 0.6 is 0 Å². The highest BCUT2D eigenvalue weighted by Gasteiger charge is 2.08. The molecule has 2 rings (SSSR count). The van der Waals surface area contributed by atoms with Gasteiger partial charge in [0.1, 0.15) is 11.5 Å². The standard InChI is InChI=1S/C15H15N3O3/c1-21-8-2-3-12-9-17-14(16)13(18-12)10-4-6-11(7-5-10)15(19)20/h2-7,9H,8H2,1H3,(H2,16,17)(H,19,20). The quantitative estimate of drug-likeness (QED) is 0.872. The Hall–Kier alpha value is -2.73. The van der Waals surface area contributed by atoms with Crippen molar-refractivity contribution in [3.63, 3.8) is 0 Å². The first-order chi connectivity index (χ1) is 10.1. The van der Waals surface area contributed by atoms with Gasteiger partial charge < -0.3 is 15.6 Å². The summed E-state index contributed by atoms with van der Waals surface area (Å²) < 4.78 is 4.92. The number of rotatable bonds is 5. The van der Waals surface area contributed by atoms with Gasteiger partial charge in [-0.25, -0.2) is 14.8 Å². The molecule has 0 saturated carbocycles. The van der Waals surface area contributed by atoms with Crippen LogP contribution in [0.4, 0.5) is 5.82 Å². The largest absolute Gasteiger partial charge is 0.478 e. The van der Waals surface area contributed by atoms with E-state index >= 15 is 0 Å². The Morgan fingerprint density at radius 2 is 2.10 bits per heavy atom. The second-order valence-electron chi connectivity index (χ2n) is 4.27. The second kappa shape index (κ2) is 6.62. The van der Waals surface area contributed by atoms with E-state index in [2.05, 4.69) is 9.97 Å². The number of aromatic carboxylic acids is 1. The molecule has 0 aliphatic carbocycles. The lowest BCUT2D eigenvalue weighted by molar-refractivity contribution is 0.0697. The van der Waals surface area contributed by atoms with E-state index in [1.54, 1.807) is 31.5 Å². The topological polar surface area (TPSA) is 98.3 Å². The van der Waals surface area contributed by atoms with E-state index in [0.717, 1.165) is 0 Å². The monoisotopic (exact) mass is 285 g/mol. The average Bonchev–Trinajstić information content (AvgIpc) is 2.49. The van der Waals surface area contributed by atoms with Crippen molar-refractivity contribution >= 4 is 17.9 Å². The SMILES string of the molecule is COCC=Cc1cnc(N)c(-c2ccc(C(=O)O)cc2)n1. The Morgan fingerprint density at radius 3 is 2.71 bits per heavy atom. The summed E-state index contributed by atoms with van der Waals surface area (Å²) in [6, 6.07) is 6.33. The summed E-state index contributed by atoms with van der Waals surface area (Å²) in [4.78, 5) is 19.4. The maximum atomic E-state index is 10.8. The molecule has 0 radical (unpaired) electrons. The molecule has 21 heavy (non-hydrogen) atoms. The van der Waals surface area contributed by atoms with E-state index in [4.69, 9.17) is 15.6 Å². The molecular weight excluding hydrogens is 270 g/mol. The first-order valence-electron chi connectivity index (χ1n) is 6.23. The number of nitrogens with two attached hydrogens (primary N) is 1. The van der Waals surface area contributed by atoms with Crippen molar-refractivity contribution in [3.05, 3.63) is 47.8 Å². The molecule has 108 valence electrons. The zero-order chi connectivity index (χ0) is 15.2. The molecule has 6 heteroatoms. The van der Waals surface area contributed by atoms with Crippen molar-refractivity contribution in [2.75, 3.05) is 19.5 Å². The van der Waals surface area contributed by atoms with Gasteiger partial charge in [-0.3, -0.25) is 0 Å². The van der Waals surface area contributed by atoms with Crippen molar-refractivity contribution in [3.8, 4) is 11.3 Å². The number of carboxylic acid groups (broad SMARTS) is 1. The third-order valence-corrected chi connectivity index (χ3v) is 2.78. The van der Waals surface area contributed by atoms with E-state index in [-0.39, 0.29) is 5.56 Å². The summed E-state index contributed by atoms with van der Waals surface area (Å²) in [7, 11) is 1.61. The number of aromatic nitrogens is 2. The van der Waals surface area contributed by atoms with Crippen molar-refractivity contribution < 1.29 is 14.6 Å². The number of carboxylic acids is 1. The Labute approximate surface area is 121 Å². The third-order valence-electron chi connectivity index (χ3n) is 2.78. The number of methoxy groups -OCH3 is 1. The van der Waals surface area contributed by atoms with Gasteiger partial charge in [0.15, 0.2) is 0 Å². The number of benzene rings is 1. The van der Waals surface area contributed by atoms with Gasteiger partial charge in [0, 0.05) is 12.7 Å². The lowest BCUT2D eigenvalue weighted by atomic mass is 10.1. The van der Waals surface area contributed by atoms with Crippen LogP contribution in [0.15, 0.2) is 36.5 Å². The lowest BCUT2D eigenvalue weighted by Crippen LogP contribution is -2.00. The van der Waals surface area contributed by atoms with Crippen molar-refractivity contribution in [1.29, 1.82) is 0 Å². The van der Waals surface area contributed by atoms with E-state index in [0.29, 0.717) is 29.4 Å². The first kappa shape index (κ1) is 14.7. The van der Waals surface area contributed by atoms with Crippen LogP contribution in [0.5, 0.6) is 0 Å². The zero-order valence-corrected chi connectivity index (χ0v) is 11.5. The van der Waals surface area contributed by atoms with Crippen LogP contribution in [-0.2, 0) is 4.74 Å². The van der Waals surface area contributed by atoms with Gasteiger partial charge in [0.25, 0.3) is 0 Å². The van der Waals surface area contributed by atoms with Crippen LogP contribution in [0.25, 0.3) is 17.3 Å². The minimum Gasteiger partial charge on any atom is -0.478 e. The van der Waals surface area contributed by atoms with Crippen molar-refractivity contribution in [2.24, 2.45) is 0 Å². The highest BCUT2D eigenvalue weighted by Crippen LogP contribution is 2.22. The average molecular weight is 285 g/mol. The molecule has 0 spiro atoms. The molecule has 6 nitrogen and oxygen atoms in total. The third kappa shape index (κ3) is 3.64. The Morgan fingerprint density at radius 1 is 1.38 bits per heavy atom. The van der Waals surface area contributed by atoms with Crippen LogP contribution in [0.3, 0.4) is 0 Å². The summed E-state index contributed by atoms with van der Waals surface area (Å²) in [6.07, 6.45) is 5.17. The first-order valence-corrected chi connectivity index (χ1v) is 6.23. The predicted molar refractivity (Wildman–Crippen MR) is 79.7 cm³/mol. The van der Waals surface area contributed by atoms with Gasteiger partial charge in [0.2, 0.25) is 0 Å². The zero-order valence-electron chi connectivity index (χ0n) is 11.5. The van der Waals surface area contributed by atoms with Gasteiger partial charge >= 0.3 is 5.97 Å². The highest BCUT2D eigenvalue weighted by atomic mass is 16.5. The van der Waals surface area contributed by atoms with Crippen LogP contribution < -0.4 is 5.73 Å². The number of nitrogen functional groups attached to an aromatic ring is 1. The van der Waals surface area contributed by atoms with Crippen LogP contribution in [0.2, 0.25) is 0 Å². The number of ether oxygens (including phenoxy) is 1. The maximum absolute atomic E-state index is 10.8. The fourth-order valence-corrected chi connectivity index (χ4v) is 1.74. The highest BCUT2D eigenvalue weighted by molar-refractivity contribution is 5.88. The molecule has 0 unspecified atom stereocenters. The number of anilines is 1. The van der Waals surface area contributed by atoms with Crippen molar-refractivity contribution in [2.45, 2.75) is 0 Å². The summed E-state index contributed by atoms with van der Waals surface area (Å²) >= 11 is 0. The smallest absolute Gasteiger partial charge is 0.335 e. The number of hydrogen-bond acceptors (Lipinski definition) is 5. The second-order valence-corrected chi connectivity index (χ2v) is 4.27. The van der Waals surface area contributed by atoms with Gasteiger partial charge in [-0.05, 0) is 18.2 Å². The molecule has 1 aromatic heterocycles. The minimum atomic E-state index is -0.975. The molecule has 0 amide bonds. The molecule has 0 fully saturated rings. The maximum Gasteiger partial charge on any atom is 0.335 e. The van der Waals surface area contributed by atoms with E-state index < -0.39 is 5.97 Å². The Bertz CT molecular complexity index is 666. The predicted octanol–water partition coefficient (Wildman–Crippen LogP) is 2.08. The lowest BCUT2D eigenvalue weighted by Gasteiger charge is -2.05. The van der Waals surface area contributed by atoms with Crippen LogP contribution in [0.1, 0.15) is 16.1 Å². The van der Waals surface area contributed by atoms with Gasteiger partial charge in [0.05, 0.1) is 24.1 Å². The van der Waals surface area contributed by atoms with Gasteiger partial charge in [-0.15, -0.1) is 0 Å². The molecule has 1 aromatic carbocycles. The molecule has 2 aromatic rings. The van der Waals surface area contributed by atoms with E-state index in [1.807, 2.05) is 6.08 Å². The normalized spacial score (nSPS) is 10.9. The fraction of sp³-hybridized carbons (Fsp3) is 0.133. The van der Waals surface area contributed by atoms with E-state index in [9.17, 15) is 4.79 Å². The Kier molecular flexibility index (Phi) is 4.63. The molecule has 0 bridgehead atoms. The Balaban J connectivity index is 2.33. The molecule has 1 heterocycles. The summed E-state index contributed by atoms with van der Waals surface area (Å²) in [5.41, 5.74) is 7.93. The summed E-state index contributed by atoms with van der Waals surface area (Å²) in [5, 5.41) is 8.89. The van der Waals surface area contributed by atoms with Gasteiger partial charge in [-0.1, -0.05) is 18.2 Å². The molecule has 0 aliphatic rings. The summed E-state index contributed by atoms with van der Waals surface area (Å²) in [5.74, 6) is -0.682. The molecule has 0 atom stereocenters. The van der Waals surface area contributed by atoms with Gasteiger partial charge in [-0.2, -0.15) is 0 Å². The molecule has 3 N–H and O–H groups in total. The van der Waals surface area contributed by atoms with E-state index in [1.165, 1.54) is 12.1 Å².